The number of ether oxygens (including phenoxy) is 2. The quantitative estimate of drug-likeness (QED) is 0.271. The van der Waals surface area contributed by atoms with Gasteiger partial charge in [0.05, 0.1) is 32.3 Å². The second-order valence-corrected chi connectivity index (χ2v) is 9.21. The highest BCUT2D eigenvalue weighted by atomic mass is 32.1. The Labute approximate surface area is 207 Å². The molecule has 2 aromatic carbocycles. The van der Waals surface area contributed by atoms with Gasteiger partial charge in [0, 0.05) is 27.8 Å². The van der Waals surface area contributed by atoms with E-state index in [2.05, 4.69) is 39.7 Å². The molecule has 1 atom stereocenters. The van der Waals surface area contributed by atoms with Crippen LogP contribution in [0.1, 0.15) is 29.2 Å². The highest BCUT2D eigenvalue weighted by molar-refractivity contribution is 7.15. The van der Waals surface area contributed by atoms with Crippen molar-refractivity contribution >= 4 is 28.1 Å². The molecule has 0 aliphatic carbocycles. The fourth-order valence-corrected chi connectivity index (χ4v) is 4.99. The van der Waals surface area contributed by atoms with Crippen molar-refractivity contribution < 1.29 is 18.3 Å². The smallest absolute Gasteiger partial charge is 0.250 e. The Kier molecular flexibility index (Phi) is 7.77. The van der Waals surface area contributed by atoms with E-state index in [0.717, 1.165) is 31.8 Å². The van der Waals surface area contributed by atoms with Crippen molar-refractivity contribution in [3.05, 3.63) is 64.8 Å². The maximum absolute atomic E-state index is 12.5. The van der Waals surface area contributed by atoms with Gasteiger partial charge in [0.25, 0.3) is 6.43 Å². The van der Waals surface area contributed by atoms with Gasteiger partial charge in [0.15, 0.2) is 11.5 Å². The molecule has 35 heavy (non-hydrogen) atoms. The molecule has 4 aromatic rings. The number of halogens is 2. The van der Waals surface area contributed by atoms with E-state index in [9.17, 15) is 8.78 Å². The Morgan fingerprint density at radius 2 is 1.74 bits per heavy atom. The van der Waals surface area contributed by atoms with Gasteiger partial charge in [-0.05, 0) is 43.2 Å². The minimum absolute atomic E-state index is 0.0246. The summed E-state index contributed by atoms with van der Waals surface area (Å²) in [5.41, 5.74) is 2.79. The Morgan fingerprint density at radius 1 is 1.00 bits per heavy atom. The van der Waals surface area contributed by atoms with E-state index in [1.165, 1.54) is 0 Å². The van der Waals surface area contributed by atoms with Crippen LogP contribution in [0, 0.1) is 6.92 Å². The lowest BCUT2D eigenvalue weighted by molar-refractivity contribution is 0.145. The van der Waals surface area contributed by atoms with Gasteiger partial charge in [-0.15, -0.1) is 11.3 Å². The van der Waals surface area contributed by atoms with Gasteiger partial charge < -0.3 is 20.1 Å². The van der Waals surface area contributed by atoms with Crippen LogP contribution in [0.2, 0.25) is 0 Å². The Hall–Kier alpha value is -3.30. The Balaban J connectivity index is 1.59. The van der Waals surface area contributed by atoms with E-state index < -0.39 is 6.43 Å². The number of fused-ring (bicyclic) bond motifs is 1. The summed E-state index contributed by atoms with van der Waals surface area (Å²) >= 11 is 1.66. The lowest BCUT2D eigenvalue weighted by Crippen LogP contribution is -2.20. The third-order valence-electron chi connectivity index (χ3n) is 5.62. The molecule has 0 saturated carbocycles. The molecule has 0 amide bonds. The van der Waals surface area contributed by atoms with Crippen LogP contribution < -0.4 is 20.1 Å². The first-order valence-corrected chi connectivity index (χ1v) is 12.0. The van der Waals surface area contributed by atoms with Crippen molar-refractivity contribution in [1.82, 2.24) is 15.3 Å². The van der Waals surface area contributed by atoms with Gasteiger partial charge in [0.2, 0.25) is 0 Å². The van der Waals surface area contributed by atoms with Gasteiger partial charge in [-0.2, -0.15) is 0 Å². The zero-order valence-electron chi connectivity index (χ0n) is 20.1. The van der Waals surface area contributed by atoms with Gasteiger partial charge in [-0.3, -0.25) is 0 Å². The molecule has 0 spiro atoms. The van der Waals surface area contributed by atoms with Gasteiger partial charge in [0.1, 0.15) is 11.6 Å². The van der Waals surface area contributed by atoms with Crippen LogP contribution >= 0.6 is 11.3 Å². The van der Waals surface area contributed by atoms with Crippen molar-refractivity contribution in [3.8, 4) is 21.9 Å². The molecule has 0 aliphatic rings. The number of thiophene rings is 1. The predicted molar refractivity (Wildman–Crippen MR) is 137 cm³/mol. The molecule has 2 aromatic heterocycles. The van der Waals surface area contributed by atoms with Crippen LogP contribution in [0.3, 0.4) is 0 Å². The largest absolute Gasteiger partial charge is 0.493 e. The first kappa shape index (κ1) is 24.8. The number of rotatable bonds is 10. The second kappa shape index (κ2) is 11.0. The number of alkyl halides is 2. The first-order chi connectivity index (χ1) is 16.9. The lowest BCUT2D eigenvalue weighted by Gasteiger charge is -2.17. The minimum Gasteiger partial charge on any atom is -0.493 e. The topological polar surface area (TPSA) is 68.3 Å². The maximum Gasteiger partial charge on any atom is 0.250 e. The van der Waals surface area contributed by atoms with Crippen LogP contribution in [0.25, 0.3) is 21.3 Å². The van der Waals surface area contributed by atoms with Gasteiger partial charge in [-0.1, -0.05) is 24.3 Å². The summed E-state index contributed by atoms with van der Waals surface area (Å²) in [6, 6.07) is 15.7. The summed E-state index contributed by atoms with van der Waals surface area (Å²) in [5.74, 6) is 2.59. The number of nitrogens with zero attached hydrogens (tertiary/aromatic N) is 2. The third-order valence-corrected chi connectivity index (χ3v) is 6.92. The normalized spacial score (nSPS) is 12.2. The molecule has 6 nitrogen and oxygen atoms in total. The molecule has 0 aliphatic heterocycles. The minimum atomic E-state index is -2.37. The number of methoxy groups -OCH3 is 2. The van der Waals surface area contributed by atoms with E-state index >= 15 is 0 Å². The van der Waals surface area contributed by atoms with E-state index in [0.29, 0.717) is 29.7 Å². The summed E-state index contributed by atoms with van der Waals surface area (Å²) < 4.78 is 36.0. The number of hydrogen-bond acceptors (Lipinski definition) is 7. The van der Waals surface area contributed by atoms with Gasteiger partial charge >= 0.3 is 0 Å². The molecule has 0 fully saturated rings. The lowest BCUT2D eigenvalue weighted by atomic mass is 10.1. The summed E-state index contributed by atoms with van der Waals surface area (Å²) in [6.07, 6.45) is -2.37. The fourth-order valence-electron chi connectivity index (χ4n) is 3.92. The highest BCUT2D eigenvalue weighted by Gasteiger charge is 2.17. The van der Waals surface area contributed by atoms with E-state index in [4.69, 9.17) is 9.47 Å². The van der Waals surface area contributed by atoms with Crippen LogP contribution in [0.4, 0.5) is 14.6 Å². The van der Waals surface area contributed by atoms with Crippen LogP contribution in [0.5, 0.6) is 11.5 Å². The number of benzene rings is 2. The maximum atomic E-state index is 12.5. The third kappa shape index (κ3) is 5.68. The average Bonchev–Trinajstić information content (AvgIpc) is 3.33. The number of anilines is 1. The van der Waals surface area contributed by atoms with Crippen LogP contribution in [-0.4, -0.2) is 37.2 Å². The summed E-state index contributed by atoms with van der Waals surface area (Å²) in [4.78, 5) is 11.4. The molecular formula is C26H28F2N4O2S. The molecule has 0 bridgehead atoms. The van der Waals surface area contributed by atoms with Crippen LogP contribution in [0.15, 0.2) is 48.5 Å². The SMILES string of the molecule is COc1cc2nc(C)nc(NC(C)c3ccc(-c4ccccc4CNCC(F)F)s3)c2cc1OC. The molecule has 0 radical (unpaired) electrons. The first-order valence-electron chi connectivity index (χ1n) is 11.2. The average molecular weight is 499 g/mol. The summed E-state index contributed by atoms with van der Waals surface area (Å²) in [6.45, 7) is 4.00. The summed E-state index contributed by atoms with van der Waals surface area (Å²) in [7, 11) is 3.20. The highest BCUT2D eigenvalue weighted by Crippen LogP contribution is 2.37. The fraction of sp³-hybridized carbons (Fsp3) is 0.308. The molecular weight excluding hydrogens is 470 g/mol. The van der Waals surface area contributed by atoms with Crippen molar-refractivity contribution in [2.45, 2.75) is 32.9 Å². The zero-order valence-corrected chi connectivity index (χ0v) is 20.9. The zero-order chi connectivity index (χ0) is 24.9. The van der Waals surface area contributed by atoms with E-state index in [-0.39, 0.29) is 12.6 Å². The Bertz CT molecular complexity index is 1310. The molecule has 184 valence electrons. The monoisotopic (exact) mass is 498 g/mol. The standard InChI is InChI=1S/C26H28F2N4O2S/c1-15(30-26-19-11-21(33-3)22(34-4)12-20(19)31-16(2)32-26)23-9-10-24(35-23)18-8-6-5-7-17(18)13-29-14-25(27)28/h5-12,15,25,29H,13-14H2,1-4H3,(H,30,31,32). The molecule has 2 heterocycles. The van der Waals surface area contributed by atoms with E-state index in [1.54, 1.807) is 25.6 Å². The number of hydrogen-bond donors (Lipinski definition) is 2. The van der Waals surface area contributed by atoms with E-state index in [1.807, 2.05) is 43.3 Å². The summed E-state index contributed by atoms with van der Waals surface area (Å²) in [5, 5.41) is 7.19. The van der Waals surface area contributed by atoms with Crippen molar-refractivity contribution in [2.75, 3.05) is 26.1 Å². The van der Waals surface area contributed by atoms with Crippen molar-refractivity contribution in [1.29, 1.82) is 0 Å². The van der Waals surface area contributed by atoms with Crippen molar-refractivity contribution in [3.63, 3.8) is 0 Å². The Morgan fingerprint density at radius 3 is 2.49 bits per heavy atom. The molecule has 2 N–H and O–H groups in total. The molecule has 4 rings (SSSR count). The second-order valence-electron chi connectivity index (χ2n) is 8.09. The van der Waals surface area contributed by atoms with Crippen LogP contribution in [-0.2, 0) is 6.54 Å². The molecule has 9 heteroatoms. The molecule has 1 unspecified atom stereocenters. The number of nitrogens with one attached hydrogen (secondary N) is 2. The number of aromatic nitrogens is 2. The number of aryl methyl sites for hydroxylation is 1. The van der Waals surface area contributed by atoms with Gasteiger partial charge in [-0.25, -0.2) is 18.7 Å². The van der Waals surface area contributed by atoms with Crippen molar-refractivity contribution in [2.24, 2.45) is 0 Å². The molecule has 0 saturated heterocycles. The predicted octanol–water partition coefficient (Wildman–Crippen LogP) is 6.21.